The number of nitrogens with one attached hydrogen (secondary N) is 2. The number of carbonyl (C=O) groups is 1. The Kier molecular flexibility index (Phi) is 3.23. The number of halogens is 1. The normalized spacial score (nSPS) is 10.9. The quantitative estimate of drug-likeness (QED) is 0.777. The van der Waals surface area contributed by atoms with Gasteiger partial charge in [-0.05, 0) is 30.7 Å². The number of hydrogen-bond donors (Lipinski definition) is 2. The molecule has 0 aliphatic heterocycles. The second kappa shape index (κ2) is 5.05. The van der Waals surface area contributed by atoms with Crippen molar-refractivity contribution in [1.29, 1.82) is 0 Å². The number of amides is 1. The van der Waals surface area contributed by atoms with Gasteiger partial charge in [0, 0.05) is 28.2 Å². The average molecular weight is 289 g/mol. The standard InChI is InChI=1S/C14H12FN3OS/c1-8-10(7-13(19)18-14-16-4-5-20-14)11-6-9(15)2-3-12(11)17-8/h2-6,17H,7H2,1H3,(H,16,18,19). The van der Waals surface area contributed by atoms with E-state index in [0.29, 0.717) is 5.13 Å². The molecule has 0 radical (unpaired) electrons. The van der Waals surface area contributed by atoms with E-state index in [9.17, 15) is 9.18 Å². The third-order valence-corrected chi connectivity index (χ3v) is 3.79. The minimum atomic E-state index is -0.307. The second-order valence-electron chi connectivity index (χ2n) is 4.48. The van der Waals surface area contributed by atoms with Gasteiger partial charge < -0.3 is 10.3 Å². The highest BCUT2D eigenvalue weighted by Gasteiger charge is 2.13. The first-order valence-corrected chi connectivity index (χ1v) is 6.97. The summed E-state index contributed by atoms with van der Waals surface area (Å²) < 4.78 is 13.3. The lowest BCUT2D eigenvalue weighted by Crippen LogP contribution is -2.14. The lowest BCUT2D eigenvalue weighted by atomic mass is 10.1. The summed E-state index contributed by atoms with van der Waals surface area (Å²) in [7, 11) is 0. The number of aromatic nitrogens is 2. The largest absolute Gasteiger partial charge is 0.358 e. The number of fused-ring (bicyclic) bond motifs is 1. The van der Waals surface area contributed by atoms with E-state index in [1.807, 2.05) is 6.92 Å². The van der Waals surface area contributed by atoms with E-state index >= 15 is 0 Å². The Labute approximate surface area is 118 Å². The van der Waals surface area contributed by atoms with Crippen LogP contribution in [0.3, 0.4) is 0 Å². The number of carbonyl (C=O) groups excluding carboxylic acids is 1. The summed E-state index contributed by atoms with van der Waals surface area (Å²) >= 11 is 1.36. The Hall–Kier alpha value is -2.21. The number of rotatable bonds is 3. The Bertz CT molecular complexity index is 764. The third-order valence-electron chi connectivity index (χ3n) is 3.10. The van der Waals surface area contributed by atoms with Crippen molar-refractivity contribution < 1.29 is 9.18 Å². The molecule has 0 spiro atoms. The highest BCUT2D eigenvalue weighted by atomic mass is 32.1. The Morgan fingerprint density at radius 3 is 3.10 bits per heavy atom. The second-order valence-corrected chi connectivity index (χ2v) is 5.38. The maximum atomic E-state index is 13.3. The molecular formula is C14H12FN3OS. The van der Waals surface area contributed by atoms with Gasteiger partial charge in [-0.2, -0.15) is 0 Å². The van der Waals surface area contributed by atoms with Crippen LogP contribution in [0, 0.1) is 12.7 Å². The van der Waals surface area contributed by atoms with Gasteiger partial charge in [0.1, 0.15) is 5.82 Å². The molecule has 3 aromatic rings. The Morgan fingerprint density at radius 2 is 2.35 bits per heavy atom. The predicted octanol–water partition coefficient (Wildman–Crippen LogP) is 3.25. The number of aromatic amines is 1. The van der Waals surface area contributed by atoms with Gasteiger partial charge in [-0.25, -0.2) is 9.37 Å². The highest BCUT2D eigenvalue weighted by Crippen LogP contribution is 2.24. The highest BCUT2D eigenvalue weighted by molar-refractivity contribution is 7.13. The van der Waals surface area contributed by atoms with Gasteiger partial charge in [-0.1, -0.05) is 0 Å². The summed E-state index contributed by atoms with van der Waals surface area (Å²) in [5.74, 6) is -0.466. The molecule has 2 heterocycles. The van der Waals surface area contributed by atoms with Crippen molar-refractivity contribution in [3.05, 3.63) is 46.9 Å². The first-order valence-electron chi connectivity index (χ1n) is 6.09. The summed E-state index contributed by atoms with van der Waals surface area (Å²) in [6.45, 7) is 1.88. The van der Waals surface area contributed by atoms with Gasteiger partial charge in [0.25, 0.3) is 0 Å². The number of thiazole rings is 1. The van der Waals surface area contributed by atoms with Crippen molar-refractivity contribution in [2.45, 2.75) is 13.3 Å². The zero-order valence-corrected chi connectivity index (χ0v) is 11.6. The Balaban J connectivity index is 1.88. The molecule has 0 unspecified atom stereocenters. The van der Waals surface area contributed by atoms with E-state index < -0.39 is 0 Å². The van der Waals surface area contributed by atoms with Gasteiger partial charge in [-0.15, -0.1) is 11.3 Å². The van der Waals surface area contributed by atoms with Crippen LogP contribution in [0.25, 0.3) is 10.9 Å². The molecule has 0 fully saturated rings. The average Bonchev–Trinajstić information content (AvgIpc) is 3.00. The molecule has 1 aromatic carbocycles. The van der Waals surface area contributed by atoms with Crippen LogP contribution in [-0.4, -0.2) is 15.9 Å². The van der Waals surface area contributed by atoms with Gasteiger partial charge in [0.15, 0.2) is 5.13 Å². The van der Waals surface area contributed by atoms with Crippen LogP contribution in [0.15, 0.2) is 29.8 Å². The number of anilines is 1. The monoisotopic (exact) mass is 289 g/mol. The molecule has 4 nitrogen and oxygen atoms in total. The molecule has 0 saturated heterocycles. The van der Waals surface area contributed by atoms with Crippen LogP contribution in [0.5, 0.6) is 0 Å². The van der Waals surface area contributed by atoms with Gasteiger partial charge in [0.2, 0.25) is 5.91 Å². The molecule has 6 heteroatoms. The zero-order chi connectivity index (χ0) is 14.1. The number of nitrogens with zero attached hydrogens (tertiary/aromatic N) is 1. The predicted molar refractivity (Wildman–Crippen MR) is 77.4 cm³/mol. The maximum absolute atomic E-state index is 13.3. The van der Waals surface area contributed by atoms with Crippen LogP contribution in [0.4, 0.5) is 9.52 Å². The minimum absolute atomic E-state index is 0.159. The molecule has 0 bridgehead atoms. The zero-order valence-electron chi connectivity index (χ0n) is 10.7. The van der Waals surface area contributed by atoms with Crippen LogP contribution in [-0.2, 0) is 11.2 Å². The molecule has 102 valence electrons. The van der Waals surface area contributed by atoms with Crippen LogP contribution in [0.1, 0.15) is 11.3 Å². The SMILES string of the molecule is Cc1[nH]c2ccc(F)cc2c1CC(=O)Nc1nccs1. The van der Waals surface area contributed by atoms with Crippen LogP contribution >= 0.6 is 11.3 Å². The van der Waals surface area contributed by atoms with Crippen molar-refractivity contribution in [1.82, 2.24) is 9.97 Å². The molecule has 1 amide bonds. The summed E-state index contributed by atoms with van der Waals surface area (Å²) in [5.41, 5.74) is 2.52. The number of H-pyrrole nitrogens is 1. The van der Waals surface area contributed by atoms with Crippen molar-refractivity contribution in [3.8, 4) is 0 Å². The van der Waals surface area contributed by atoms with Crippen molar-refractivity contribution in [2.24, 2.45) is 0 Å². The first kappa shape index (κ1) is 12.8. The van der Waals surface area contributed by atoms with E-state index in [-0.39, 0.29) is 18.1 Å². The number of aryl methyl sites for hydroxylation is 1. The number of benzene rings is 1. The van der Waals surface area contributed by atoms with Crippen LogP contribution < -0.4 is 5.32 Å². The molecule has 0 saturated carbocycles. The van der Waals surface area contributed by atoms with E-state index in [4.69, 9.17) is 0 Å². The van der Waals surface area contributed by atoms with Gasteiger partial charge >= 0.3 is 0 Å². The molecule has 0 aliphatic rings. The van der Waals surface area contributed by atoms with Gasteiger partial charge in [-0.3, -0.25) is 4.79 Å². The summed E-state index contributed by atoms with van der Waals surface area (Å²) in [6.07, 6.45) is 1.82. The lowest BCUT2D eigenvalue weighted by Gasteiger charge is -2.02. The lowest BCUT2D eigenvalue weighted by molar-refractivity contribution is -0.115. The van der Waals surface area contributed by atoms with E-state index in [1.54, 1.807) is 17.6 Å². The maximum Gasteiger partial charge on any atom is 0.230 e. The Morgan fingerprint density at radius 1 is 1.50 bits per heavy atom. The van der Waals surface area contributed by atoms with Crippen molar-refractivity contribution in [2.75, 3.05) is 5.32 Å². The molecular weight excluding hydrogens is 277 g/mol. The molecule has 3 rings (SSSR count). The van der Waals surface area contributed by atoms with Crippen molar-refractivity contribution in [3.63, 3.8) is 0 Å². The molecule has 20 heavy (non-hydrogen) atoms. The summed E-state index contributed by atoms with van der Waals surface area (Å²) in [5, 5.41) is 5.84. The fourth-order valence-corrected chi connectivity index (χ4v) is 2.74. The van der Waals surface area contributed by atoms with E-state index in [0.717, 1.165) is 22.2 Å². The molecule has 2 N–H and O–H groups in total. The fraction of sp³-hybridized carbons (Fsp3) is 0.143. The molecule has 2 aromatic heterocycles. The van der Waals surface area contributed by atoms with E-state index in [1.165, 1.54) is 23.5 Å². The topological polar surface area (TPSA) is 57.8 Å². The van der Waals surface area contributed by atoms with Gasteiger partial charge in [0.05, 0.1) is 6.42 Å². The van der Waals surface area contributed by atoms with Crippen LogP contribution in [0.2, 0.25) is 0 Å². The summed E-state index contributed by atoms with van der Waals surface area (Å²) in [6, 6.07) is 4.53. The first-order chi connectivity index (χ1) is 9.63. The summed E-state index contributed by atoms with van der Waals surface area (Å²) in [4.78, 5) is 19.2. The molecule has 0 aliphatic carbocycles. The molecule has 0 atom stereocenters. The van der Waals surface area contributed by atoms with Crippen molar-refractivity contribution >= 4 is 33.3 Å². The van der Waals surface area contributed by atoms with E-state index in [2.05, 4.69) is 15.3 Å². The fourth-order valence-electron chi connectivity index (χ4n) is 2.19. The third kappa shape index (κ3) is 2.42. The number of hydrogen-bond acceptors (Lipinski definition) is 3. The minimum Gasteiger partial charge on any atom is -0.358 e. The smallest absolute Gasteiger partial charge is 0.230 e.